The van der Waals surface area contributed by atoms with Crippen molar-refractivity contribution in [3.05, 3.63) is 290 Å². The van der Waals surface area contributed by atoms with Gasteiger partial charge in [0.2, 0.25) is 0 Å². The fourth-order valence-electron chi connectivity index (χ4n) is 15.8. The second-order valence-electron chi connectivity index (χ2n) is 26.7. The van der Waals surface area contributed by atoms with Crippen LogP contribution in [0.1, 0.15) is 90.2 Å². The highest BCUT2D eigenvalue weighted by atomic mass is 16.5. The molecule has 0 amide bonds. The van der Waals surface area contributed by atoms with Crippen molar-refractivity contribution in [3.8, 4) is 101 Å². The van der Waals surface area contributed by atoms with Crippen molar-refractivity contribution in [2.24, 2.45) is 0 Å². The minimum absolute atomic E-state index is 0.287. The molecule has 1 aliphatic rings. The summed E-state index contributed by atoms with van der Waals surface area (Å²) in [4.78, 5) is 0. The quantitative estimate of drug-likeness (QED) is 0.0593. The van der Waals surface area contributed by atoms with Crippen molar-refractivity contribution in [1.82, 2.24) is 0 Å². The van der Waals surface area contributed by atoms with E-state index in [0.717, 1.165) is 37.6 Å². The second kappa shape index (κ2) is 25.4. The molecule has 0 aromatic heterocycles. The van der Waals surface area contributed by atoms with E-state index in [-0.39, 0.29) is 5.41 Å². The highest BCUT2D eigenvalue weighted by Gasteiger charge is 2.37. The van der Waals surface area contributed by atoms with Crippen molar-refractivity contribution in [1.29, 1.82) is 0 Å². The fourth-order valence-corrected chi connectivity index (χ4v) is 15.8. The molecule has 2 nitrogen and oxygen atoms in total. The van der Waals surface area contributed by atoms with Crippen molar-refractivity contribution in [3.63, 3.8) is 0 Å². The summed E-state index contributed by atoms with van der Waals surface area (Å²) in [5.74, 6) is 1.87. The van der Waals surface area contributed by atoms with Gasteiger partial charge < -0.3 is 9.47 Å². The molecule has 0 unspecified atom stereocenters. The molecule has 0 bridgehead atoms. The monoisotopic (exact) mass is 1230 g/mol. The highest BCUT2D eigenvalue weighted by molar-refractivity contribution is 6.30. The maximum atomic E-state index is 6.11. The molecule has 0 saturated heterocycles. The number of ether oxygens (including phenoxy) is 2. The van der Waals surface area contributed by atoms with E-state index in [1.54, 1.807) is 0 Å². The molecule has 0 radical (unpaired) electrons. The lowest BCUT2D eigenvalue weighted by molar-refractivity contribution is 0.305. The molecule has 95 heavy (non-hydrogen) atoms. The van der Waals surface area contributed by atoms with Crippen LogP contribution < -0.4 is 9.47 Å². The zero-order valence-electron chi connectivity index (χ0n) is 54.9. The van der Waals surface area contributed by atoms with Gasteiger partial charge in [0.25, 0.3) is 0 Å². The molecule has 0 aliphatic heterocycles. The number of unbranched alkanes of at least 4 members (excludes halogenated alkanes) is 6. The van der Waals surface area contributed by atoms with Crippen LogP contribution in [0.3, 0.4) is 0 Å². The van der Waals surface area contributed by atoms with Gasteiger partial charge >= 0.3 is 0 Å². The summed E-state index contributed by atoms with van der Waals surface area (Å²) in [5.41, 5.74) is 22.3. The first-order valence-electron chi connectivity index (χ1n) is 34.6. The molecule has 15 aromatic rings. The van der Waals surface area contributed by atoms with Gasteiger partial charge in [0.1, 0.15) is 11.5 Å². The van der Waals surface area contributed by atoms with Crippen LogP contribution in [0.4, 0.5) is 0 Å². The summed E-state index contributed by atoms with van der Waals surface area (Å²) in [5, 5.41) is 15.0. The molecule has 2 heteroatoms. The van der Waals surface area contributed by atoms with Crippen molar-refractivity contribution in [2.75, 3.05) is 13.2 Å². The maximum Gasteiger partial charge on any atom is 0.119 e. The van der Waals surface area contributed by atoms with Crippen LogP contribution in [-0.4, -0.2) is 13.2 Å². The first kappa shape index (κ1) is 59.5. The molecular formula is C93H78O2. The number of fused-ring (bicyclic) bond motifs is 9. The van der Waals surface area contributed by atoms with Crippen LogP contribution in [0, 0.1) is 0 Å². The van der Waals surface area contributed by atoms with E-state index >= 15 is 0 Å². The number of rotatable bonds is 19. The summed E-state index contributed by atoms with van der Waals surface area (Å²) in [6.45, 7) is 10.9. The third kappa shape index (κ3) is 10.7. The Labute approximate surface area is 559 Å². The molecule has 15 aromatic carbocycles. The predicted octanol–water partition coefficient (Wildman–Crippen LogP) is 26.5. The average Bonchev–Trinajstić information content (AvgIpc) is 1.62. The summed E-state index contributed by atoms with van der Waals surface area (Å²) < 4.78 is 12.2. The van der Waals surface area contributed by atoms with Gasteiger partial charge in [-0.3, -0.25) is 0 Å². The van der Waals surface area contributed by atoms with Gasteiger partial charge in [-0.05, 0) is 214 Å². The molecule has 0 atom stereocenters. The molecule has 0 spiro atoms. The van der Waals surface area contributed by atoms with Crippen LogP contribution >= 0.6 is 0 Å². The summed E-state index contributed by atoms with van der Waals surface area (Å²) in [7, 11) is 0. The van der Waals surface area contributed by atoms with Gasteiger partial charge in [0.05, 0.1) is 13.2 Å². The molecule has 1 aliphatic carbocycles. The SMILES string of the molecule is CCCCCCOc1ccc(-c2ccc(-c3c4ccccc4c(-c4ccc5c(c4)C(C)(C)c4cc(-c6c7ccccc7c(-c7c8ccccc8c(-c8ccc(-c9ccc(OCCCCCC)cc9)cc8)c8ccccc78)c7ccccc67)ccc4-5)c4ccccc34)cc2)cc1. The third-order valence-electron chi connectivity index (χ3n) is 20.6. The number of benzene rings is 15. The number of hydrogen-bond acceptors (Lipinski definition) is 2. The Kier molecular flexibility index (Phi) is 15.9. The zero-order chi connectivity index (χ0) is 64.0. The zero-order valence-corrected chi connectivity index (χ0v) is 54.9. The Morgan fingerprint density at radius 2 is 0.463 bits per heavy atom. The highest BCUT2D eigenvalue weighted by Crippen LogP contribution is 2.55. The van der Waals surface area contributed by atoms with E-state index in [0.29, 0.717) is 0 Å². The van der Waals surface area contributed by atoms with Gasteiger partial charge in [-0.15, -0.1) is 0 Å². The first-order chi connectivity index (χ1) is 46.8. The second-order valence-corrected chi connectivity index (χ2v) is 26.7. The lowest BCUT2D eigenvalue weighted by atomic mass is 9.78. The van der Waals surface area contributed by atoms with E-state index in [4.69, 9.17) is 9.47 Å². The smallest absolute Gasteiger partial charge is 0.119 e. The summed E-state index contributed by atoms with van der Waals surface area (Å²) >= 11 is 0. The largest absolute Gasteiger partial charge is 0.494 e. The Morgan fingerprint density at radius 3 is 0.737 bits per heavy atom. The fraction of sp³-hybridized carbons (Fsp3) is 0.161. The Morgan fingerprint density at radius 1 is 0.232 bits per heavy atom. The lowest BCUT2D eigenvalue weighted by Crippen LogP contribution is -2.15. The van der Waals surface area contributed by atoms with Crippen LogP contribution in [0.25, 0.3) is 154 Å². The van der Waals surface area contributed by atoms with Crippen molar-refractivity contribution in [2.45, 2.75) is 84.5 Å². The van der Waals surface area contributed by atoms with Crippen molar-refractivity contribution < 1.29 is 9.47 Å². The van der Waals surface area contributed by atoms with Crippen LogP contribution in [0.5, 0.6) is 11.5 Å². The standard InChI is InChI=1S/C93H78O2/c1-5-7-9-23-57-94-69-51-45-63(46-52-69)61-37-41-65(42-38-61)87-73-25-11-13-27-75(73)89(76-28-14-12-26-74(76)87)67-49-55-71-72-56-50-68(60-86(72)93(3,4)85(71)59-67)90-79-31-17-21-35-83(79)92(84-36-22-18-32-80(84)90)91-81-33-19-15-29-77(81)88(78-30-16-20-34-82(78)91)66-43-39-62(40-44-66)64-47-53-70(54-48-64)95-58-24-10-8-6-2/h11-22,25-56,59-60H,5-10,23-24,57-58H2,1-4H3. The van der Waals surface area contributed by atoms with E-state index < -0.39 is 0 Å². The number of hydrogen-bond donors (Lipinski definition) is 0. The Balaban J connectivity index is 0.751. The van der Waals surface area contributed by atoms with Crippen LogP contribution in [0.2, 0.25) is 0 Å². The average molecular weight is 1230 g/mol. The Hall–Kier alpha value is -10.5. The minimum atomic E-state index is -0.287. The van der Waals surface area contributed by atoms with E-state index in [9.17, 15) is 0 Å². The molecule has 16 rings (SSSR count). The summed E-state index contributed by atoms with van der Waals surface area (Å²) in [6.07, 6.45) is 9.59. The first-order valence-corrected chi connectivity index (χ1v) is 34.6. The van der Waals surface area contributed by atoms with E-state index in [2.05, 4.69) is 307 Å². The third-order valence-corrected chi connectivity index (χ3v) is 20.6. The maximum absolute atomic E-state index is 6.11. The van der Waals surface area contributed by atoms with Gasteiger partial charge in [0.15, 0.2) is 0 Å². The summed E-state index contributed by atoms with van der Waals surface area (Å²) in [6, 6.07) is 105. The van der Waals surface area contributed by atoms with E-state index in [1.165, 1.54) is 203 Å². The van der Waals surface area contributed by atoms with Gasteiger partial charge in [-0.1, -0.05) is 309 Å². The van der Waals surface area contributed by atoms with E-state index in [1.807, 2.05) is 0 Å². The van der Waals surface area contributed by atoms with Gasteiger partial charge in [0, 0.05) is 5.41 Å². The minimum Gasteiger partial charge on any atom is -0.494 e. The predicted molar refractivity (Wildman–Crippen MR) is 406 cm³/mol. The molecule has 0 fully saturated rings. The van der Waals surface area contributed by atoms with Crippen LogP contribution in [-0.2, 0) is 5.41 Å². The molecule has 0 N–H and O–H groups in total. The van der Waals surface area contributed by atoms with Gasteiger partial charge in [-0.25, -0.2) is 0 Å². The van der Waals surface area contributed by atoms with Crippen molar-refractivity contribution >= 4 is 64.6 Å². The topological polar surface area (TPSA) is 18.5 Å². The van der Waals surface area contributed by atoms with Crippen LogP contribution in [0.15, 0.2) is 279 Å². The molecule has 0 saturated carbocycles. The van der Waals surface area contributed by atoms with Gasteiger partial charge in [-0.2, -0.15) is 0 Å². The molecule has 462 valence electrons. The lowest BCUT2D eigenvalue weighted by Gasteiger charge is -2.24. The molecular weight excluding hydrogens is 1150 g/mol. The molecule has 0 heterocycles. The Bertz CT molecular complexity index is 5210. The normalized spacial score (nSPS) is 12.5.